The van der Waals surface area contributed by atoms with Crippen molar-refractivity contribution in [3.63, 3.8) is 0 Å². The van der Waals surface area contributed by atoms with Crippen LogP contribution in [-0.2, 0) is 6.42 Å². The Balaban J connectivity index is 2.31. The minimum Gasteiger partial charge on any atom is -0.313 e. The van der Waals surface area contributed by atoms with E-state index in [2.05, 4.69) is 34.0 Å². The lowest BCUT2D eigenvalue weighted by atomic mass is 10.1. The maximum absolute atomic E-state index is 5.76. The van der Waals surface area contributed by atoms with Gasteiger partial charge in [-0.1, -0.05) is 19.1 Å². The Bertz CT molecular complexity index is 522. The monoisotopic (exact) mass is 282 g/mol. The molecule has 1 aromatic carbocycles. The quantitative estimate of drug-likeness (QED) is 0.864. The molecule has 2 rings (SSSR count). The molecule has 0 aliphatic heterocycles. The number of hydrogen-bond donors (Lipinski definition) is 0. The molecule has 6 heteroatoms. The molecular weight excluding hydrogens is 271 g/mol. The lowest BCUT2D eigenvalue weighted by Gasteiger charge is -2.17. The van der Waals surface area contributed by atoms with Crippen LogP contribution in [0, 0.1) is 0 Å². The molecule has 0 radical (unpaired) electrons. The van der Waals surface area contributed by atoms with Crippen LogP contribution in [0.1, 0.15) is 12.5 Å². The third-order valence-electron chi connectivity index (χ3n) is 2.60. The van der Waals surface area contributed by atoms with Crippen LogP contribution in [0.3, 0.4) is 0 Å². The van der Waals surface area contributed by atoms with Crippen LogP contribution in [-0.4, -0.2) is 22.0 Å². The summed E-state index contributed by atoms with van der Waals surface area (Å²) in [5.41, 5.74) is 2.24. The second-order valence-corrected chi connectivity index (χ2v) is 4.43. The summed E-state index contributed by atoms with van der Waals surface area (Å²) in [5, 5.41) is 0.170. The number of halogens is 2. The van der Waals surface area contributed by atoms with Crippen molar-refractivity contribution in [2.45, 2.75) is 13.3 Å². The van der Waals surface area contributed by atoms with E-state index in [0.717, 1.165) is 12.1 Å². The van der Waals surface area contributed by atoms with E-state index in [1.54, 1.807) is 4.90 Å². The van der Waals surface area contributed by atoms with Crippen LogP contribution in [0.5, 0.6) is 0 Å². The van der Waals surface area contributed by atoms with Gasteiger partial charge in [0.15, 0.2) is 0 Å². The first-order valence-electron chi connectivity index (χ1n) is 5.50. The highest BCUT2D eigenvalue weighted by molar-refractivity contribution is 6.31. The van der Waals surface area contributed by atoms with Gasteiger partial charge >= 0.3 is 0 Å². The van der Waals surface area contributed by atoms with E-state index in [1.807, 2.05) is 19.2 Å². The minimum absolute atomic E-state index is 0.0852. The lowest BCUT2D eigenvalue weighted by molar-refractivity contribution is 0.984. The third kappa shape index (κ3) is 2.89. The molecule has 0 saturated carbocycles. The molecule has 4 nitrogen and oxygen atoms in total. The van der Waals surface area contributed by atoms with Gasteiger partial charge < -0.3 is 4.90 Å². The zero-order chi connectivity index (χ0) is 13.1. The van der Waals surface area contributed by atoms with E-state index in [1.165, 1.54) is 5.56 Å². The fourth-order valence-corrected chi connectivity index (χ4v) is 1.89. The molecule has 94 valence electrons. The Hall–Kier alpha value is -1.39. The number of anilines is 2. The molecule has 0 unspecified atom stereocenters. The molecule has 0 aliphatic carbocycles. The first-order valence-corrected chi connectivity index (χ1v) is 6.25. The highest BCUT2D eigenvalue weighted by Crippen LogP contribution is 2.22. The molecule has 18 heavy (non-hydrogen) atoms. The molecule has 1 aromatic heterocycles. The minimum atomic E-state index is 0.0852. The largest absolute Gasteiger partial charge is 0.313 e. The summed E-state index contributed by atoms with van der Waals surface area (Å²) in [6.07, 6.45) is 1.01. The molecule has 0 spiro atoms. The van der Waals surface area contributed by atoms with E-state index in [-0.39, 0.29) is 10.6 Å². The molecule has 2 aromatic rings. The van der Waals surface area contributed by atoms with Gasteiger partial charge in [-0.25, -0.2) is 0 Å². The van der Waals surface area contributed by atoms with Gasteiger partial charge in [0.05, 0.1) is 0 Å². The van der Waals surface area contributed by atoms with Gasteiger partial charge in [-0.15, -0.1) is 0 Å². The Kier molecular flexibility index (Phi) is 3.99. The van der Waals surface area contributed by atoms with Crippen LogP contribution in [0.2, 0.25) is 10.6 Å². The average molecular weight is 283 g/mol. The van der Waals surface area contributed by atoms with E-state index >= 15 is 0 Å². The average Bonchev–Trinajstić information content (AvgIpc) is 2.37. The molecule has 0 N–H and O–H groups in total. The number of nitrogens with zero attached hydrogens (tertiary/aromatic N) is 4. The summed E-state index contributed by atoms with van der Waals surface area (Å²) in [6, 6.07) is 8.14. The van der Waals surface area contributed by atoms with Crippen LogP contribution < -0.4 is 4.90 Å². The van der Waals surface area contributed by atoms with Crippen molar-refractivity contribution in [3.05, 3.63) is 40.4 Å². The third-order valence-corrected chi connectivity index (χ3v) is 2.94. The summed E-state index contributed by atoms with van der Waals surface area (Å²) in [5.74, 6) is 0.421. The Morgan fingerprint density at radius 2 is 1.56 bits per heavy atom. The van der Waals surface area contributed by atoms with Crippen molar-refractivity contribution < 1.29 is 0 Å². The van der Waals surface area contributed by atoms with Crippen molar-refractivity contribution in [1.82, 2.24) is 15.0 Å². The van der Waals surface area contributed by atoms with Crippen LogP contribution >= 0.6 is 23.2 Å². The van der Waals surface area contributed by atoms with E-state index in [0.29, 0.717) is 5.95 Å². The summed E-state index contributed by atoms with van der Waals surface area (Å²) in [4.78, 5) is 13.6. The van der Waals surface area contributed by atoms with Gasteiger partial charge in [-0.3, -0.25) is 0 Å². The maximum Gasteiger partial charge on any atom is 0.235 e. The standard InChI is InChI=1S/C12H12Cl2N4/c1-3-8-4-6-9(7-5-8)18(2)12-16-10(13)15-11(14)17-12/h4-7H,3H2,1-2H3. The van der Waals surface area contributed by atoms with E-state index in [4.69, 9.17) is 23.2 Å². The van der Waals surface area contributed by atoms with Crippen molar-refractivity contribution in [1.29, 1.82) is 0 Å². The molecule has 0 amide bonds. The number of benzene rings is 1. The first-order chi connectivity index (χ1) is 8.60. The van der Waals surface area contributed by atoms with Gasteiger partial charge in [0.2, 0.25) is 16.5 Å². The maximum atomic E-state index is 5.76. The zero-order valence-corrected chi connectivity index (χ0v) is 11.6. The Morgan fingerprint density at radius 1 is 1.00 bits per heavy atom. The lowest BCUT2D eigenvalue weighted by Crippen LogP contribution is -2.13. The molecule has 0 saturated heterocycles. The molecule has 1 heterocycles. The van der Waals surface area contributed by atoms with Crippen molar-refractivity contribution in [3.8, 4) is 0 Å². The molecule has 0 bridgehead atoms. The molecule has 0 fully saturated rings. The van der Waals surface area contributed by atoms with Crippen molar-refractivity contribution in [2.24, 2.45) is 0 Å². The normalized spacial score (nSPS) is 10.4. The Morgan fingerprint density at radius 3 is 2.06 bits per heavy atom. The van der Waals surface area contributed by atoms with Gasteiger partial charge in [-0.2, -0.15) is 15.0 Å². The van der Waals surface area contributed by atoms with Crippen molar-refractivity contribution in [2.75, 3.05) is 11.9 Å². The van der Waals surface area contributed by atoms with Gasteiger partial charge in [-0.05, 0) is 47.3 Å². The first kappa shape index (κ1) is 13.1. The zero-order valence-electron chi connectivity index (χ0n) is 10.1. The Labute approximate surface area is 116 Å². The number of hydrogen-bond acceptors (Lipinski definition) is 4. The van der Waals surface area contributed by atoms with Crippen molar-refractivity contribution >= 4 is 34.8 Å². The fourth-order valence-electron chi connectivity index (χ4n) is 1.54. The summed E-state index contributed by atoms with van der Waals surface area (Å²) >= 11 is 11.5. The van der Waals surface area contributed by atoms with Crippen LogP contribution in [0.25, 0.3) is 0 Å². The predicted octanol–water partition coefficient (Wildman–Crippen LogP) is 3.51. The summed E-state index contributed by atoms with van der Waals surface area (Å²) in [6.45, 7) is 2.12. The van der Waals surface area contributed by atoms with E-state index in [9.17, 15) is 0 Å². The van der Waals surface area contributed by atoms with Crippen LogP contribution in [0.4, 0.5) is 11.6 Å². The number of rotatable bonds is 3. The topological polar surface area (TPSA) is 41.9 Å². The summed E-state index contributed by atoms with van der Waals surface area (Å²) in [7, 11) is 1.85. The van der Waals surface area contributed by atoms with Crippen LogP contribution in [0.15, 0.2) is 24.3 Å². The van der Waals surface area contributed by atoms with Gasteiger partial charge in [0.1, 0.15) is 0 Å². The highest BCUT2D eigenvalue weighted by Gasteiger charge is 2.10. The van der Waals surface area contributed by atoms with Gasteiger partial charge in [0, 0.05) is 12.7 Å². The summed E-state index contributed by atoms with van der Waals surface area (Å²) < 4.78 is 0. The smallest absolute Gasteiger partial charge is 0.235 e. The molecule has 0 atom stereocenters. The highest BCUT2D eigenvalue weighted by atomic mass is 35.5. The predicted molar refractivity (Wildman–Crippen MR) is 73.7 cm³/mol. The molecular formula is C12H12Cl2N4. The SMILES string of the molecule is CCc1ccc(N(C)c2nc(Cl)nc(Cl)n2)cc1. The van der Waals surface area contributed by atoms with Gasteiger partial charge in [0.25, 0.3) is 0 Å². The van der Waals surface area contributed by atoms with E-state index < -0.39 is 0 Å². The second-order valence-electron chi connectivity index (χ2n) is 3.75. The molecule has 0 aliphatic rings. The number of aryl methyl sites for hydroxylation is 1. The fraction of sp³-hybridized carbons (Fsp3) is 0.250. The second kappa shape index (κ2) is 5.50. The number of aromatic nitrogens is 3.